The van der Waals surface area contributed by atoms with Crippen LogP contribution in [0.3, 0.4) is 0 Å². The zero-order valence-corrected chi connectivity index (χ0v) is 9.21. The van der Waals surface area contributed by atoms with E-state index in [1.54, 1.807) is 13.3 Å². The molecule has 0 fully saturated rings. The molecule has 0 spiro atoms. The molecule has 72 valence electrons. The van der Waals surface area contributed by atoms with Gasteiger partial charge in [0, 0.05) is 0 Å². The molecule has 1 aromatic carbocycles. The number of imidazole rings is 1. The van der Waals surface area contributed by atoms with Crippen LogP contribution in [0.5, 0.6) is 5.75 Å². The number of halogens is 1. The van der Waals surface area contributed by atoms with Crippen molar-refractivity contribution in [3.05, 3.63) is 35.1 Å². The van der Waals surface area contributed by atoms with Crippen molar-refractivity contribution in [2.24, 2.45) is 0 Å². The van der Waals surface area contributed by atoms with Crippen molar-refractivity contribution in [3.8, 4) is 17.1 Å². The van der Waals surface area contributed by atoms with Crippen LogP contribution in [0.2, 0.25) is 0 Å². The van der Waals surface area contributed by atoms with Crippen LogP contribution < -0.4 is 4.74 Å². The summed E-state index contributed by atoms with van der Waals surface area (Å²) in [5.74, 6) is 1.61. The van der Waals surface area contributed by atoms with E-state index in [0.29, 0.717) is 0 Å². The molecule has 3 nitrogen and oxygen atoms in total. The molecule has 0 saturated heterocycles. The van der Waals surface area contributed by atoms with E-state index < -0.39 is 0 Å². The average Bonchev–Trinajstić information content (AvgIpc) is 2.65. The van der Waals surface area contributed by atoms with Gasteiger partial charge in [-0.1, -0.05) is 12.1 Å². The number of hydrogen-bond acceptors (Lipinski definition) is 2. The van der Waals surface area contributed by atoms with Gasteiger partial charge in [-0.2, -0.15) is 0 Å². The topological polar surface area (TPSA) is 37.9 Å². The number of aromatic amines is 1. The molecule has 2 aromatic rings. The molecule has 2 rings (SSSR count). The number of ether oxygens (including phenoxy) is 1. The summed E-state index contributed by atoms with van der Waals surface area (Å²) >= 11 is 3.32. The monoisotopic (exact) mass is 252 g/mol. The summed E-state index contributed by atoms with van der Waals surface area (Å²) in [4.78, 5) is 7.30. The lowest BCUT2D eigenvalue weighted by molar-refractivity contribution is 0.416. The molecule has 4 heteroatoms. The first-order valence-electron chi connectivity index (χ1n) is 4.15. The SMILES string of the molecule is COc1ccccc1-c1ncc(Br)[nH]1. The van der Waals surface area contributed by atoms with Crippen LogP contribution in [0, 0.1) is 0 Å². The summed E-state index contributed by atoms with van der Waals surface area (Å²) in [6, 6.07) is 7.75. The van der Waals surface area contributed by atoms with Crippen LogP contribution in [-0.2, 0) is 0 Å². The second-order valence-electron chi connectivity index (χ2n) is 2.78. The summed E-state index contributed by atoms with van der Waals surface area (Å²) in [7, 11) is 1.65. The van der Waals surface area contributed by atoms with Gasteiger partial charge in [0.25, 0.3) is 0 Å². The summed E-state index contributed by atoms with van der Waals surface area (Å²) in [6.07, 6.45) is 1.72. The van der Waals surface area contributed by atoms with Crippen molar-refractivity contribution < 1.29 is 4.74 Å². The second-order valence-corrected chi connectivity index (χ2v) is 3.63. The van der Waals surface area contributed by atoms with E-state index >= 15 is 0 Å². The van der Waals surface area contributed by atoms with Crippen LogP contribution in [-0.4, -0.2) is 17.1 Å². The smallest absolute Gasteiger partial charge is 0.141 e. The van der Waals surface area contributed by atoms with Crippen LogP contribution in [0.4, 0.5) is 0 Å². The number of benzene rings is 1. The molecule has 0 aliphatic heterocycles. The summed E-state index contributed by atoms with van der Waals surface area (Å²) < 4.78 is 6.09. The maximum Gasteiger partial charge on any atom is 0.141 e. The molecule has 0 unspecified atom stereocenters. The standard InChI is InChI=1S/C10H9BrN2O/c1-14-8-5-3-2-4-7(8)10-12-6-9(11)13-10/h2-6H,1H3,(H,12,13). The highest BCUT2D eigenvalue weighted by molar-refractivity contribution is 9.10. The normalized spacial score (nSPS) is 10.1. The Hall–Kier alpha value is -1.29. The molecule has 0 saturated carbocycles. The molecule has 0 bridgehead atoms. The van der Waals surface area contributed by atoms with E-state index in [0.717, 1.165) is 21.7 Å². The Balaban J connectivity index is 2.50. The van der Waals surface area contributed by atoms with Gasteiger partial charge in [0.05, 0.1) is 18.9 Å². The number of aromatic nitrogens is 2. The van der Waals surface area contributed by atoms with Gasteiger partial charge in [-0.3, -0.25) is 0 Å². The lowest BCUT2D eigenvalue weighted by atomic mass is 10.2. The minimum atomic E-state index is 0.800. The predicted octanol–water partition coefficient (Wildman–Crippen LogP) is 2.85. The minimum Gasteiger partial charge on any atom is -0.496 e. The van der Waals surface area contributed by atoms with Gasteiger partial charge in [0.2, 0.25) is 0 Å². The second kappa shape index (κ2) is 3.84. The molecule has 0 radical (unpaired) electrons. The van der Waals surface area contributed by atoms with Gasteiger partial charge >= 0.3 is 0 Å². The van der Waals surface area contributed by atoms with Gasteiger partial charge in [-0.15, -0.1) is 0 Å². The van der Waals surface area contributed by atoms with Gasteiger partial charge in [-0.25, -0.2) is 4.98 Å². The molecule has 0 aliphatic rings. The quantitative estimate of drug-likeness (QED) is 0.893. The van der Waals surface area contributed by atoms with E-state index in [2.05, 4.69) is 25.9 Å². The molecule has 1 N–H and O–H groups in total. The first kappa shape index (κ1) is 9.27. The van der Waals surface area contributed by atoms with Crippen molar-refractivity contribution in [2.45, 2.75) is 0 Å². The first-order chi connectivity index (χ1) is 6.81. The largest absolute Gasteiger partial charge is 0.496 e. The van der Waals surface area contributed by atoms with E-state index in [1.165, 1.54) is 0 Å². The highest BCUT2D eigenvalue weighted by atomic mass is 79.9. The molecule has 0 amide bonds. The number of hydrogen-bond donors (Lipinski definition) is 1. The number of H-pyrrole nitrogens is 1. The van der Waals surface area contributed by atoms with Gasteiger partial charge in [-0.05, 0) is 28.1 Å². The van der Waals surface area contributed by atoms with Crippen LogP contribution in [0.25, 0.3) is 11.4 Å². The summed E-state index contributed by atoms with van der Waals surface area (Å²) in [5.41, 5.74) is 0.959. The fraction of sp³-hybridized carbons (Fsp3) is 0.100. The maximum absolute atomic E-state index is 5.23. The Kier molecular flexibility index (Phi) is 2.54. The van der Waals surface area contributed by atoms with Gasteiger partial charge in [0.15, 0.2) is 0 Å². The number of rotatable bonds is 2. The molecule has 14 heavy (non-hydrogen) atoms. The zero-order valence-electron chi connectivity index (χ0n) is 7.62. The summed E-state index contributed by atoms with van der Waals surface area (Å²) in [6.45, 7) is 0. The molecule has 0 atom stereocenters. The van der Waals surface area contributed by atoms with E-state index in [4.69, 9.17) is 4.74 Å². The number of nitrogens with one attached hydrogen (secondary N) is 1. The molecule has 1 heterocycles. The number of methoxy groups -OCH3 is 1. The third-order valence-electron chi connectivity index (χ3n) is 1.91. The first-order valence-corrected chi connectivity index (χ1v) is 4.94. The fourth-order valence-corrected chi connectivity index (χ4v) is 1.57. The highest BCUT2D eigenvalue weighted by Crippen LogP contribution is 2.27. The highest BCUT2D eigenvalue weighted by Gasteiger charge is 2.07. The Morgan fingerprint density at radius 1 is 1.36 bits per heavy atom. The molecule has 0 aliphatic carbocycles. The fourth-order valence-electron chi connectivity index (χ4n) is 1.28. The Morgan fingerprint density at radius 3 is 2.79 bits per heavy atom. The minimum absolute atomic E-state index is 0.800. The third kappa shape index (κ3) is 1.65. The number of nitrogens with zero attached hydrogens (tertiary/aromatic N) is 1. The van der Waals surface area contributed by atoms with Crippen molar-refractivity contribution >= 4 is 15.9 Å². The molecule has 1 aromatic heterocycles. The van der Waals surface area contributed by atoms with Crippen molar-refractivity contribution in [3.63, 3.8) is 0 Å². The van der Waals surface area contributed by atoms with Crippen LogP contribution in [0.1, 0.15) is 0 Å². The van der Waals surface area contributed by atoms with Crippen molar-refractivity contribution in [1.29, 1.82) is 0 Å². The van der Waals surface area contributed by atoms with E-state index in [1.807, 2.05) is 24.3 Å². The van der Waals surface area contributed by atoms with Crippen molar-refractivity contribution in [1.82, 2.24) is 9.97 Å². The van der Waals surface area contributed by atoms with Gasteiger partial charge in [0.1, 0.15) is 16.2 Å². The molecular formula is C10H9BrN2O. The number of para-hydroxylation sites is 1. The van der Waals surface area contributed by atoms with Gasteiger partial charge < -0.3 is 9.72 Å². The third-order valence-corrected chi connectivity index (χ3v) is 2.31. The Morgan fingerprint density at radius 2 is 2.14 bits per heavy atom. The lowest BCUT2D eigenvalue weighted by Crippen LogP contribution is -1.88. The summed E-state index contributed by atoms with van der Waals surface area (Å²) in [5, 5.41) is 0. The molecular weight excluding hydrogens is 244 g/mol. The van der Waals surface area contributed by atoms with E-state index in [-0.39, 0.29) is 0 Å². The Bertz CT molecular complexity index is 439. The lowest BCUT2D eigenvalue weighted by Gasteiger charge is -2.04. The van der Waals surface area contributed by atoms with Crippen LogP contribution >= 0.6 is 15.9 Å². The Labute approximate surface area is 90.3 Å². The maximum atomic E-state index is 5.23. The zero-order chi connectivity index (χ0) is 9.97. The van der Waals surface area contributed by atoms with Crippen molar-refractivity contribution in [2.75, 3.05) is 7.11 Å². The van der Waals surface area contributed by atoms with E-state index in [9.17, 15) is 0 Å². The van der Waals surface area contributed by atoms with Crippen LogP contribution in [0.15, 0.2) is 35.1 Å². The predicted molar refractivity (Wildman–Crippen MR) is 58.3 cm³/mol. The average molecular weight is 253 g/mol.